The average Bonchev–Trinajstić information content (AvgIpc) is 2.49. The molecule has 0 bridgehead atoms. The number of hydrogen-bond acceptors (Lipinski definition) is 6. The van der Waals surface area contributed by atoms with E-state index in [1.54, 1.807) is 11.8 Å². The molecule has 2 aromatic rings. The standard InChI is InChI=1S/C14H18N4OS/c1-4-12-16-13(18-15)9(2)14(17-12)19-10-7-5-6-8-11(10)20-3/h5-8H,4,15H2,1-3H3,(H,16,17,18). The van der Waals surface area contributed by atoms with Crippen LogP contribution in [-0.4, -0.2) is 16.2 Å². The molecule has 0 amide bonds. The van der Waals surface area contributed by atoms with E-state index in [1.807, 2.05) is 44.4 Å². The number of nitrogens with two attached hydrogens (primary N) is 1. The van der Waals surface area contributed by atoms with Crippen LogP contribution in [0, 0.1) is 6.92 Å². The third-order valence-electron chi connectivity index (χ3n) is 2.88. The summed E-state index contributed by atoms with van der Waals surface area (Å²) in [5.41, 5.74) is 3.38. The Hall–Kier alpha value is -1.79. The zero-order valence-corrected chi connectivity index (χ0v) is 12.6. The molecule has 1 aromatic heterocycles. The number of aryl methyl sites for hydroxylation is 1. The molecule has 0 aliphatic heterocycles. The molecule has 20 heavy (non-hydrogen) atoms. The molecule has 106 valence electrons. The molecule has 1 aromatic carbocycles. The molecule has 1 heterocycles. The van der Waals surface area contributed by atoms with Crippen LogP contribution in [0.3, 0.4) is 0 Å². The predicted octanol–water partition coefficient (Wildman–Crippen LogP) is 3.15. The van der Waals surface area contributed by atoms with Gasteiger partial charge in [0.15, 0.2) is 0 Å². The third-order valence-corrected chi connectivity index (χ3v) is 3.65. The van der Waals surface area contributed by atoms with Crippen molar-refractivity contribution in [2.75, 3.05) is 11.7 Å². The maximum Gasteiger partial charge on any atom is 0.227 e. The van der Waals surface area contributed by atoms with Gasteiger partial charge in [0.25, 0.3) is 0 Å². The number of nitrogens with one attached hydrogen (secondary N) is 1. The number of rotatable bonds is 5. The van der Waals surface area contributed by atoms with Crippen LogP contribution in [-0.2, 0) is 6.42 Å². The van der Waals surface area contributed by atoms with E-state index in [9.17, 15) is 0 Å². The summed E-state index contributed by atoms with van der Waals surface area (Å²) >= 11 is 1.63. The van der Waals surface area contributed by atoms with E-state index in [-0.39, 0.29) is 0 Å². The fraction of sp³-hybridized carbons (Fsp3) is 0.286. The summed E-state index contributed by atoms with van der Waals surface area (Å²) in [5, 5.41) is 0. The van der Waals surface area contributed by atoms with Crippen molar-refractivity contribution >= 4 is 17.6 Å². The van der Waals surface area contributed by atoms with Gasteiger partial charge in [-0.25, -0.2) is 10.8 Å². The van der Waals surface area contributed by atoms with E-state index < -0.39 is 0 Å². The number of ether oxygens (including phenoxy) is 1. The van der Waals surface area contributed by atoms with Gasteiger partial charge in [-0.15, -0.1) is 11.8 Å². The number of hydrazine groups is 1. The van der Waals surface area contributed by atoms with Crippen molar-refractivity contribution in [2.24, 2.45) is 5.84 Å². The van der Waals surface area contributed by atoms with E-state index in [2.05, 4.69) is 15.4 Å². The van der Waals surface area contributed by atoms with Crippen LogP contribution in [0.25, 0.3) is 0 Å². The van der Waals surface area contributed by atoms with Crippen molar-refractivity contribution in [3.8, 4) is 11.6 Å². The monoisotopic (exact) mass is 290 g/mol. The summed E-state index contributed by atoms with van der Waals surface area (Å²) in [6, 6.07) is 7.86. The third kappa shape index (κ3) is 3.02. The van der Waals surface area contributed by atoms with Crippen molar-refractivity contribution in [2.45, 2.75) is 25.2 Å². The van der Waals surface area contributed by atoms with Crippen molar-refractivity contribution in [1.29, 1.82) is 0 Å². The Morgan fingerprint density at radius 1 is 1.30 bits per heavy atom. The number of nitrogen functional groups attached to an aromatic ring is 1. The fourth-order valence-electron chi connectivity index (χ4n) is 1.75. The Morgan fingerprint density at radius 3 is 2.70 bits per heavy atom. The van der Waals surface area contributed by atoms with Crippen LogP contribution in [0.5, 0.6) is 11.6 Å². The Morgan fingerprint density at radius 2 is 2.05 bits per heavy atom. The molecule has 0 aliphatic carbocycles. The normalized spacial score (nSPS) is 10.4. The molecular weight excluding hydrogens is 272 g/mol. The Balaban J connectivity index is 2.42. The highest BCUT2D eigenvalue weighted by Gasteiger charge is 2.13. The first-order valence-corrected chi connectivity index (χ1v) is 7.57. The molecule has 3 N–H and O–H groups in total. The smallest absolute Gasteiger partial charge is 0.227 e. The molecule has 0 radical (unpaired) electrons. The highest BCUT2D eigenvalue weighted by molar-refractivity contribution is 7.98. The second-order valence-corrected chi connectivity index (χ2v) is 5.02. The minimum absolute atomic E-state index is 0.534. The molecule has 0 unspecified atom stereocenters. The maximum absolute atomic E-state index is 5.95. The number of thioether (sulfide) groups is 1. The molecule has 0 atom stereocenters. The van der Waals surface area contributed by atoms with Crippen LogP contribution in [0.15, 0.2) is 29.2 Å². The van der Waals surface area contributed by atoms with Crippen molar-refractivity contribution < 1.29 is 4.74 Å². The minimum atomic E-state index is 0.534. The Labute approximate surface area is 122 Å². The largest absolute Gasteiger partial charge is 0.437 e. The summed E-state index contributed by atoms with van der Waals surface area (Å²) < 4.78 is 5.95. The van der Waals surface area contributed by atoms with Crippen LogP contribution in [0.2, 0.25) is 0 Å². The molecule has 0 aliphatic rings. The zero-order chi connectivity index (χ0) is 14.5. The van der Waals surface area contributed by atoms with E-state index in [0.29, 0.717) is 17.5 Å². The van der Waals surface area contributed by atoms with Crippen LogP contribution in [0.4, 0.5) is 5.82 Å². The summed E-state index contributed by atoms with van der Waals surface area (Å²) in [7, 11) is 0. The summed E-state index contributed by atoms with van der Waals surface area (Å²) in [4.78, 5) is 9.81. The van der Waals surface area contributed by atoms with Gasteiger partial charge in [0.2, 0.25) is 5.88 Å². The number of hydrogen-bond donors (Lipinski definition) is 2. The first-order valence-electron chi connectivity index (χ1n) is 6.34. The summed E-state index contributed by atoms with van der Waals surface area (Å²) in [5.74, 6) is 8.10. The highest BCUT2D eigenvalue weighted by atomic mass is 32.2. The Bertz CT molecular complexity index is 604. The quantitative estimate of drug-likeness (QED) is 0.500. The topological polar surface area (TPSA) is 73.1 Å². The van der Waals surface area contributed by atoms with Crippen molar-refractivity contribution in [1.82, 2.24) is 9.97 Å². The predicted molar refractivity (Wildman–Crippen MR) is 82.3 cm³/mol. The lowest BCUT2D eigenvalue weighted by atomic mass is 10.3. The molecule has 0 saturated carbocycles. The average molecular weight is 290 g/mol. The molecular formula is C14H18N4OS. The lowest BCUT2D eigenvalue weighted by molar-refractivity contribution is 0.445. The van der Waals surface area contributed by atoms with Gasteiger partial charge >= 0.3 is 0 Å². The lowest BCUT2D eigenvalue weighted by Gasteiger charge is -2.13. The fourth-order valence-corrected chi connectivity index (χ4v) is 2.27. The van der Waals surface area contributed by atoms with Crippen LogP contribution in [0.1, 0.15) is 18.3 Å². The number of para-hydroxylation sites is 1. The molecule has 0 fully saturated rings. The molecule has 5 nitrogen and oxygen atoms in total. The van der Waals surface area contributed by atoms with E-state index in [1.165, 1.54) is 0 Å². The van der Waals surface area contributed by atoms with Gasteiger partial charge in [-0.3, -0.25) is 0 Å². The van der Waals surface area contributed by atoms with Gasteiger partial charge in [0.05, 0.1) is 5.56 Å². The zero-order valence-electron chi connectivity index (χ0n) is 11.8. The van der Waals surface area contributed by atoms with Crippen LogP contribution >= 0.6 is 11.8 Å². The summed E-state index contributed by atoms with van der Waals surface area (Å²) in [6.07, 6.45) is 2.73. The van der Waals surface area contributed by atoms with Gasteiger partial charge in [0.1, 0.15) is 17.4 Å². The van der Waals surface area contributed by atoms with Crippen LogP contribution < -0.4 is 16.0 Å². The number of nitrogens with zero attached hydrogens (tertiary/aromatic N) is 2. The van der Waals surface area contributed by atoms with E-state index >= 15 is 0 Å². The minimum Gasteiger partial charge on any atom is -0.437 e. The van der Waals surface area contributed by atoms with E-state index in [0.717, 1.165) is 22.6 Å². The van der Waals surface area contributed by atoms with Gasteiger partial charge in [-0.1, -0.05) is 19.1 Å². The Kier molecular flexibility index (Phi) is 4.81. The van der Waals surface area contributed by atoms with Crippen molar-refractivity contribution in [3.05, 3.63) is 35.7 Å². The van der Waals surface area contributed by atoms with E-state index in [4.69, 9.17) is 10.6 Å². The number of aromatic nitrogens is 2. The number of anilines is 1. The first kappa shape index (κ1) is 14.6. The molecule has 0 spiro atoms. The van der Waals surface area contributed by atoms with Gasteiger partial charge in [0, 0.05) is 11.3 Å². The highest BCUT2D eigenvalue weighted by Crippen LogP contribution is 2.33. The first-order chi connectivity index (χ1) is 9.69. The van der Waals surface area contributed by atoms with Gasteiger partial charge in [-0.05, 0) is 25.3 Å². The second-order valence-electron chi connectivity index (χ2n) is 4.17. The SMILES string of the molecule is CCc1nc(NN)c(C)c(Oc2ccccc2SC)n1. The maximum atomic E-state index is 5.95. The molecule has 2 rings (SSSR count). The van der Waals surface area contributed by atoms with Gasteiger partial charge in [-0.2, -0.15) is 4.98 Å². The molecule has 6 heteroatoms. The number of benzene rings is 1. The lowest BCUT2D eigenvalue weighted by Crippen LogP contribution is -2.13. The second kappa shape index (κ2) is 6.58. The summed E-state index contributed by atoms with van der Waals surface area (Å²) in [6.45, 7) is 3.87. The van der Waals surface area contributed by atoms with Crippen molar-refractivity contribution in [3.63, 3.8) is 0 Å². The van der Waals surface area contributed by atoms with Gasteiger partial charge < -0.3 is 10.2 Å². The molecule has 0 saturated heterocycles.